The monoisotopic (exact) mass is 513 g/mol. The Hall–Kier alpha value is -2.77. The number of hydrogen-bond acceptors (Lipinski definition) is 8. The lowest BCUT2D eigenvalue weighted by atomic mass is 10.0. The van der Waals surface area contributed by atoms with Gasteiger partial charge in [-0.15, -0.1) is 11.3 Å². The van der Waals surface area contributed by atoms with E-state index in [1.165, 1.54) is 7.11 Å². The fraction of sp³-hybridized carbons (Fsp3) is 0.500. The van der Waals surface area contributed by atoms with Crippen molar-refractivity contribution in [3.8, 4) is 10.7 Å². The first kappa shape index (κ1) is 23.9. The molecule has 4 heterocycles. The lowest BCUT2D eigenvalue weighted by Gasteiger charge is -2.28. The number of thiophene rings is 1. The average Bonchev–Trinajstić information content (AvgIpc) is 3.52. The SMILES string of the molecule is CO[C@H]1C[C@H](c2nc(-c3sc4c(N[C@@H]5CCNC[C@@H]5F)cccc4c3CC(F)(F)F)no2)NC1=O. The van der Waals surface area contributed by atoms with Crippen molar-refractivity contribution in [1.82, 2.24) is 20.8 Å². The molecule has 2 fully saturated rings. The molecular formula is C22H23F4N5O3S. The van der Waals surface area contributed by atoms with Crippen molar-refractivity contribution in [3.63, 3.8) is 0 Å². The molecule has 2 aromatic heterocycles. The number of aromatic nitrogens is 2. The first-order chi connectivity index (χ1) is 16.7. The quantitative estimate of drug-likeness (QED) is 0.432. The Morgan fingerprint density at radius 2 is 2.17 bits per heavy atom. The van der Waals surface area contributed by atoms with Gasteiger partial charge in [-0.25, -0.2) is 4.39 Å². The molecule has 5 rings (SSSR count). The predicted molar refractivity (Wildman–Crippen MR) is 121 cm³/mol. The average molecular weight is 514 g/mol. The summed E-state index contributed by atoms with van der Waals surface area (Å²) < 4.78 is 66.0. The Labute approximate surface area is 201 Å². The Kier molecular flexibility index (Phi) is 6.40. The zero-order chi connectivity index (χ0) is 24.7. The van der Waals surface area contributed by atoms with Crippen LogP contribution in [-0.2, 0) is 16.0 Å². The smallest absolute Gasteiger partial charge is 0.378 e. The van der Waals surface area contributed by atoms with Crippen LogP contribution in [0.1, 0.15) is 30.3 Å². The third-order valence-corrected chi connectivity index (χ3v) is 7.51. The Bertz CT molecular complexity index is 1230. The summed E-state index contributed by atoms with van der Waals surface area (Å²) in [4.78, 5) is 16.5. The van der Waals surface area contributed by atoms with Crippen LogP contribution in [0.4, 0.5) is 23.2 Å². The molecule has 35 heavy (non-hydrogen) atoms. The number of amides is 1. The first-order valence-electron chi connectivity index (χ1n) is 11.1. The summed E-state index contributed by atoms with van der Waals surface area (Å²) in [6.07, 6.45) is -6.61. The van der Waals surface area contributed by atoms with Gasteiger partial charge in [-0.3, -0.25) is 4.79 Å². The van der Waals surface area contributed by atoms with Crippen LogP contribution in [0.25, 0.3) is 20.8 Å². The second-order valence-corrected chi connectivity index (χ2v) is 9.64. The molecule has 0 saturated carbocycles. The largest absolute Gasteiger partial charge is 0.393 e. The topological polar surface area (TPSA) is 101 Å². The van der Waals surface area contributed by atoms with Gasteiger partial charge in [0.1, 0.15) is 18.3 Å². The minimum absolute atomic E-state index is 0.00625. The summed E-state index contributed by atoms with van der Waals surface area (Å²) in [5.41, 5.74) is 0.590. The van der Waals surface area contributed by atoms with E-state index in [-0.39, 0.29) is 41.0 Å². The number of carbonyl (C=O) groups is 1. The normalized spacial score (nSPS) is 25.2. The molecule has 2 saturated heterocycles. The van der Waals surface area contributed by atoms with Crippen LogP contribution in [0, 0.1) is 0 Å². The van der Waals surface area contributed by atoms with Crippen LogP contribution in [0.15, 0.2) is 22.7 Å². The molecule has 1 amide bonds. The summed E-state index contributed by atoms with van der Waals surface area (Å²) >= 11 is 1.10. The number of carbonyl (C=O) groups excluding carboxylic acids is 1. The van der Waals surface area contributed by atoms with E-state index in [0.29, 0.717) is 28.7 Å². The zero-order valence-corrected chi connectivity index (χ0v) is 19.4. The number of nitrogens with one attached hydrogen (secondary N) is 3. The second kappa shape index (κ2) is 9.36. The molecule has 13 heteroatoms. The highest BCUT2D eigenvalue weighted by atomic mass is 32.1. The summed E-state index contributed by atoms with van der Waals surface area (Å²) in [5, 5.41) is 13.2. The van der Waals surface area contributed by atoms with Crippen molar-refractivity contribution in [3.05, 3.63) is 29.7 Å². The first-order valence-corrected chi connectivity index (χ1v) is 11.9. The van der Waals surface area contributed by atoms with Gasteiger partial charge < -0.3 is 25.2 Å². The Balaban J connectivity index is 1.53. The number of alkyl halides is 4. The number of hydrogen-bond donors (Lipinski definition) is 3. The predicted octanol–water partition coefficient (Wildman–Crippen LogP) is 3.74. The highest BCUT2D eigenvalue weighted by Crippen LogP contribution is 2.44. The molecule has 0 unspecified atom stereocenters. The van der Waals surface area contributed by atoms with Gasteiger partial charge in [0, 0.05) is 20.1 Å². The molecule has 8 nitrogen and oxygen atoms in total. The van der Waals surface area contributed by atoms with Crippen LogP contribution in [0.5, 0.6) is 0 Å². The van der Waals surface area contributed by atoms with E-state index in [9.17, 15) is 22.4 Å². The van der Waals surface area contributed by atoms with E-state index < -0.39 is 37.0 Å². The molecule has 0 aliphatic carbocycles. The van der Waals surface area contributed by atoms with Gasteiger partial charge in [0.05, 0.1) is 27.7 Å². The fourth-order valence-electron chi connectivity index (χ4n) is 4.50. The van der Waals surface area contributed by atoms with Crippen molar-refractivity contribution in [2.24, 2.45) is 0 Å². The molecule has 4 atom stereocenters. The number of benzene rings is 1. The van der Waals surface area contributed by atoms with E-state index in [2.05, 4.69) is 26.1 Å². The third-order valence-electron chi connectivity index (χ3n) is 6.23. The molecule has 0 radical (unpaired) electrons. The standard InChI is InChI=1S/C22H23F4N5O3S/c1-33-16-7-15(29-20(16)32)21-30-19(31-34-21)18-11(8-22(24,25)26)10-3-2-4-14(17(10)35-18)28-13-5-6-27-9-12(13)23/h2-4,12-13,15-16,27-28H,5-9H2,1H3,(H,29,32)/t12-,13+,15+,16-/m0/s1. The van der Waals surface area contributed by atoms with Crippen LogP contribution in [0.2, 0.25) is 0 Å². The lowest BCUT2D eigenvalue weighted by Crippen LogP contribution is -2.45. The van der Waals surface area contributed by atoms with Crippen molar-refractivity contribution in [2.75, 3.05) is 25.5 Å². The summed E-state index contributed by atoms with van der Waals surface area (Å²) in [6, 6.07) is 3.95. The van der Waals surface area contributed by atoms with Gasteiger partial charge in [0.15, 0.2) is 0 Å². The molecule has 188 valence electrons. The number of halogens is 4. The molecular weight excluding hydrogens is 490 g/mol. The number of ether oxygens (including phenoxy) is 1. The zero-order valence-electron chi connectivity index (χ0n) is 18.6. The van der Waals surface area contributed by atoms with Crippen LogP contribution in [-0.4, -0.2) is 60.7 Å². The summed E-state index contributed by atoms with van der Waals surface area (Å²) in [7, 11) is 1.41. The number of rotatable bonds is 6. The number of piperidine rings is 1. The van der Waals surface area contributed by atoms with Gasteiger partial charge in [-0.1, -0.05) is 17.3 Å². The van der Waals surface area contributed by atoms with E-state index >= 15 is 0 Å². The van der Waals surface area contributed by atoms with Crippen LogP contribution < -0.4 is 16.0 Å². The maximum absolute atomic E-state index is 14.4. The van der Waals surface area contributed by atoms with Gasteiger partial charge in [-0.2, -0.15) is 18.2 Å². The number of anilines is 1. The summed E-state index contributed by atoms with van der Waals surface area (Å²) in [6.45, 7) is 0.867. The van der Waals surface area contributed by atoms with Crippen molar-refractivity contribution in [2.45, 2.75) is 49.8 Å². The van der Waals surface area contributed by atoms with Crippen molar-refractivity contribution < 1.29 is 31.6 Å². The van der Waals surface area contributed by atoms with Crippen LogP contribution in [0.3, 0.4) is 0 Å². The second-order valence-electron chi connectivity index (χ2n) is 8.62. The van der Waals surface area contributed by atoms with E-state index in [1.807, 2.05) is 0 Å². The maximum atomic E-state index is 14.4. The van der Waals surface area contributed by atoms with Gasteiger partial charge in [-0.05, 0) is 30.0 Å². The molecule has 0 spiro atoms. The Morgan fingerprint density at radius 1 is 1.34 bits per heavy atom. The van der Waals surface area contributed by atoms with E-state index in [1.54, 1.807) is 18.2 Å². The minimum Gasteiger partial charge on any atom is -0.378 e. The maximum Gasteiger partial charge on any atom is 0.393 e. The van der Waals surface area contributed by atoms with Crippen LogP contribution >= 0.6 is 11.3 Å². The van der Waals surface area contributed by atoms with E-state index in [0.717, 1.165) is 11.3 Å². The highest BCUT2D eigenvalue weighted by Gasteiger charge is 2.37. The fourth-order valence-corrected chi connectivity index (χ4v) is 5.73. The molecule has 1 aromatic carbocycles. The van der Waals surface area contributed by atoms with E-state index in [4.69, 9.17) is 9.26 Å². The minimum atomic E-state index is -4.47. The van der Waals surface area contributed by atoms with Gasteiger partial charge in [0.25, 0.3) is 0 Å². The van der Waals surface area contributed by atoms with Gasteiger partial charge in [0.2, 0.25) is 17.6 Å². The molecule has 0 bridgehead atoms. The molecule has 3 N–H and O–H groups in total. The number of fused-ring (bicyclic) bond motifs is 1. The summed E-state index contributed by atoms with van der Waals surface area (Å²) in [5.74, 6) is -0.222. The Morgan fingerprint density at radius 3 is 2.89 bits per heavy atom. The van der Waals surface area contributed by atoms with Crippen molar-refractivity contribution in [1.29, 1.82) is 0 Å². The lowest BCUT2D eigenvalue weighted by molar-refractivity contribution is -0.128. The molecule has 2 aliphatic heterocycles. The third kappa shape index (κ3) is 4.84. The van der Waals surface area contributed by atoms with Gasteiger partial charge >= 0.3 is 6.18 Å². The number of nitrogens with zero attached hydrogens (tertiary/aromatic N) is 2. The van der Waals surface area contributed by atoms with Crippen molar-refractivity contribution >= 4 is 33.0 Å². The number of methoxy groups -OCH3 is 1. The molecule has 2 aliphatic rings. The molecule has 3 aromatic rings. The highest BCUT2D eigenvalue weighted by molar-refractivity contribution is 7.23.